The zero-order valence-corrected chi connectivity index (χ0v) is 14.3. The number of anilines is 1. The number of carboxylic acids is 1. The average Bonchev–Trinajstić information content (AvgIpc) is 3.19. The number of nitrogens with one attached hydrogen (secondary N) is 1. The van der Waals surface area contributed by atoms with E-state index in [0.29, 0.717) is 29.5 Å². The van der Waals surface area contributed by atoms with Gasteiger partial charge in [-0.3, -0.25) is 10.1 Å². The molecule has 1 unspecified atom stereocenters. The van der Waals surface area contributed by atoms with E-state index in [1.54, 1.807) is 6.20 Å². The molecule has 1 atom stereocenters. The molecule has 2 amide bonds. The van der Waals surface area contributed by atoms with E-state index in [1.807, 2.05) is 24.3 Å². The molecule has 6 nitrogen and oxygen atoms in total. The van der Waals surface area contributed by atoms with E-state index in [-0.39, 0.29) is 12.6 Å². The minimum absolute atomic E-state index is 0.235. The van der Waals surface area contributed by atoms with E-state index in [2.05, 4.69) is 10.3 Å². The number of nitrogens with zero attached hydrogens (tertiary/aromatic N) is 2. The summed E-state index contributed by atoms with van der Waals surface area (Å²) in [5.74, 6) is -1.34. The summed E-state index contributed by atoms with van der Waals surface area (Å²) in [6.07, 6.45) is 2.85. The lowest BCUT2D eigenvalue weighted by atomic mass is 10.1. The van der Waals surface area contributed by atoms with Crippen LogP contribution in [0.3, 0.4) is 0 Å². The summed E-state index contributed by atoms with van der Waals surface area (Å²) in [7, 11) is 0. The Hall–Kier alpha value is -2.12. The SMILES string of the molecule is O=C(O)C1CCN(C(=O)Nc2ncc(Cc3ccccc3Cl)s2)C1. The zero-order chi connectivity index (χ0) is 17.1. The van der Waals surface area contributed by atoms with Gasteiger partial charge in [-0.1, -0.05) is 29.8 Å². The van der Waals surface area contributed by atoms with Crippen LogP contribution in [0.15, 0.2) is 30.5 Å². The molecule has 1 saturated heterocycles. The molecule has 1 aliphatic rings. The Morgan fingerprint density at radius 2 is 2.21 bits per heavy atom. The third-order valence-corrected chi connectivity index (χ3v) is 5.20. The summed E-state index contributed by atoms with van der Waals surface area (Å²) in [4.78, 5) is 29.8. The first kappa shape index (κ1) is 16.7. The number of carbonyl (C=O) groups excluding carboxylic acids is 1. The van der Waals surface area contributed by atoms with Gasteiger partial charge < -0.3 is 10.0 Å². The topological polar surface area (TPSA) is 82.5 Å². The van der Waals surface area contributed by atoms with Crippen LogP contribution in [0.2, 0.25) is 5.02 Å². The molecule has 8 heteroatoms. The molecule has 1 aliphatic heterocycles. The van der Waals surface area contributed by atoms with Gasteiger partial charge in [-0.05, 0) is 18.1 Å². The summed E-state index contributed by atoms with van der Waals surface area (Å²) >= 11 is 7.54. The van der Waals surface area contributed by atoms with Crippen molar-refractivity contribution in [3.05, 3.63) is 45.9 Å². The molecule has 24 heavy (non-hydrogen) atoms. The molecule has 0 spiro atoms. The summed E-state index contributed by atoms with van der Waals surface area (Å²) < 4.78 is 0. The number of benzene rings is 1. The van der Waals surface area contributed by atoms with Gasteiger partial charge in [-0.2, -0.15) is 0 Å². The second kappa shape index (κ2) is 7.19. The first-order chi connectivity index (χ1) is 11.5. The van der Waals surface area contributed by atoms with Gasteiger partial charge >= 0.3 is 12.0 Å². The highest BCUT2D eigenvalue weighted by Gasteiger charge is 2.31. The molecule has 0 saturated carbocycles. The number of rotatable bonds is 4. The molecule has 3 rings (SSSR count). The highest BCUT2D eigenvalue weighted by Crippen LogP contribution is 2.25. The lowest BCUT2D eigenvalue weighted by Crippen LogP contribution is -2.33. The van der Waals surface area contributed by atoms with Crippen molar-refractivity contribution in [1.29, 1.82) is 0 Å². The molecule has 1 fully saturated rings. The van der Waals surface area contributed by atoms with E-state index in [1.165, 1.54) is 16.2 Å². The van der Waals surface area contributed by atoms with Crippen molar-refractivity contribution in [2.75, 3.05) is 18.4 Å². The Bertz CT molecular complexity index is 765. The number of carboxylic acid groups (broad SMARTS) is 1. The molecule has 0 radical (unpaired) electrons. The average molecular weight is 366 g/mol. The van der Waals surface area contributed by atoms with Crippen LogP contribution in [0.1, 0.15) is 16.9 Å². The molecule has 0 bridgehead atoms. The fraction of sp³-hybridized carbons (Fsp3) is 0.312. The van der Waals surface area contributed by atoms with Gasteiger partial charge in [0.05, 0.1) is 5.92 Å². The molecular formula is C16H16ClN3O3S. The number of hydrogen-bond acceptors (Lipinski definition) is 4. The largest absolute Gasteiger partial charge is 0.481 e. The number of aromatic nitrogens is 1. The van der Waals surface area contributed by atoms with Crippen molar-refractivity contribution in [2.24, 2.45) is 5.92 Å². The van der Waals surface area contributed by atoms with E-state index >= 15 is 0 Å². The van der Waals surface area contributed by atoms with E-state index < -0.39 is 11.9 Å². The van der Waals surface area contributed by atoms with Gasteiger partial charge in [0.15, 0.2) is 5.13 Å². The van der Waals surface area contributed by atoms with Gasteiger partial charge in [0.2, 0.25) is 0 Å². The number of thiazole rings is 1. The molecule has 1 aromatic carbocycles. The van der Waals surface area contributed by atoms with Crippen molar-refractivity contribution in [3.63, 3.8) is 0 Å². The maximum atomic E-state index is 12.2. The van der Waals surface area contributed by atoms with Crippen LogP contribution in [0, 0.1) is 5.92 Å². The lowest BCUT2D eigenvalue weighted by molar-refractivity contribution is -0.141. The lowest BCUT2D eigenvalue weighted by Gasteiger charge is -2.15. The fourth-order valence-electron chi connectivity index (χ4n) is 2.59. The van der Waals surface area contributed by atoms with Crippen molar-refractivity contribution < 1.29 is 14.7 Å². The number of aliphatic carboxylic acids is 1. The quantitative estimate of drug-likeness (QED) is 0.870. The second-order valence-corrected chi connectivity index (χ2v) is 7.12. The first-order valence-corrected chi connectivity index (χ1v) is 8.69. The highest BCUT2D eigenvalue weighted by molar-refractivity contribution is 7.15. The third-order valence-electron chi connectivity index (χ3n) is 3.91. The standard InChI is InChI=1S/C16H16ClN3O3S/c17-13-4-2-1-3-10(13)7-12-8-18-15(24-12)19-16(23)20-6-5-11(9-20)14(21)22/h1-4,8,11H,5-7,9H2,(H,21,22)(H,18,19,23). The monoisotopic (exact) mass is 365 g/mol. The van der Waals surface area contributed by atoms with Crippen molar-refractivity contribution in [2.45, 2.75) is 12.8 Å². The molecule has 126 valence electrons. The van der Waals surface area contributed by atoms with Gasteiger partial charge in [0.25, 0.3) is 0 Å². The molecule has 2 N–H and O–H groups in total. The minimum Gasteiger partial charge on any atom is -0.481 e. The Morgan fingerprint density at radius 1 is 1.42 bits per heavy atom. The maximum Gasteiger partial charge on any atom is 0.323 e. The highest BCUT2D eigenvalue weighted by atomic mass is 35.5. The summed E-state index contributed by atoms with van der Waals surface area (Å²) in [5.41, 5.74) is 1.00. The Morgan fingerprint density at radius 3 is 2.92 bits per heavy atom. The van der Waals surface area contributed by atoms with Crippen LogP contribution in [0.25, 0.3) is 0 Å². The fourth-order valence-corrected chi connectivity index (χ4v) is 3.62. The van der Waals surface area contributed by atoms with Crippen LogP contribution in [0.5, 0.6) is 0 Å². The molecule has 2 heterocycles. The number of likely N-dealkylation sites (tertiary alicyclic amines) is 1. The van der Waals surface area contributed by atoms with Gasteiger partial charge in [-0.15, -0.1) is 11.3 Å². The summed E-state index contributed by atoms with van der Waals surface area (Å²) in [6, 6.07) is 7.29. The number of urea groups is 1. The van der Waals surface area contributed by atoms with Crippen molar-refractivity contribution in [1.82, 2.24) is 9.88 Å². The number of hydrogen-bond donors (Lipinski definition) is 2. The van der Waals surface area contributed by atoms with Crippen molar-refractivity contribution >= 4 is 40.1 Å². The predicted octanol–water partition coefficient (Wildman–Crippen LogP) is 3.33. The van der Waals surface area contributed by atoms with Crippen LogP contribution in [-0.2, 0) is 11.2 Å². The van der Waals surface area contributed by atoms with Crippen LogP contribution in [-0.4, -0.2) is 40.1 Å². The molecular weight excluding hydrogens is 350 g/mol. The van der Waals surface area contributed by atoms with E-state index in [0.717, 1.165) is 10.4 Å². The molecule has 1 aromatic heterocycles. The van der Waals surface area contributed by atoms with Gasteiger partial charge in [0, 0.05) is 35.6 Å². The minimum atomic E-state index is -0.860. The summed E-state index contributed by atoms with van der Waals surface area (Å²) in [5, 5.41) is 12.9. The molecule has 2 aromatic rings. The van der Waals surface area contributed by atoms with E-state index in [9.17, 15) is 9.59 Å². The Balaban J connectivity index is 1.59. The third kappa shape index (κ3) is 3.85. The van der Waals surface area contributed by atoms with Crippen LogP contribution < -0.4 is 5.32 Å². The Labute approximate surface area is 148 Å². The number of carbonyl (C=O) groups is 2. The van der Waals surface area contributed by atoms with Crippen molar-refractivity contribution in [3.8, 4) is 0 Å². The normalized spacial score (nSPS) is 17.0. The van der Waals surface area contributed by atoms with Gasteiger partial charge in [-0.25, -0.2) is 9.78 Å². The summed E-state index contributed by atoms with van der Waals surface area (Å²) in [6.45, 7) is 0.680. The first-order valence-electron chi connectivity index (χ1n) is 7.50. The number of halogens is 1. The van der Waals surface area contributed by atoms with Crippen LogP contribution in [0.4, 0.5) is 9.93 Å². The smallest absolute Gasteiger partial charge is 0.323 e. The Kier molecular flexibility index (Phi) is 5.01. The molecule has 0 aliphatic carbocycles. The van der Waals surface area contributed by atoms with E-state index in [4.69, 9.17) is 16.7 Å². The second-order valence-electron chi connectivity index (χ2n) is 5.60. The number of amides is 2. The predicted molar refractivity (Wildman–Crippen MR) is 92.7 cm³/mol. The van der Waals surface area contributed by atoms with Gasteiger partial charge in [0.1, 0.15) is 0 Å². The maximum absolute atomic E-state index is 12.2. The zero-order valence-electron chi connectivity index (χ0n) is 12.7. The van der Waals surface area contributed by atoms with Crippen LogP contribution >= 0.6 is 22.9 Å².